The predicted molar refractivity (Wildman–Crippen MR) is 49.4 cm³/mol. The van der Waals surface area contributed by atoms with Crippen molar-refractivity contribution in [1.82, 2.24) is 8.43 Å². The first-order valence-corrected chi connectivity index (χ1v) is 4.65. The Morgan fingerprint density at radius 1 is 1.55 bits per heavy atom. The summed E-state index contributed by atoms with van der Waals surface area (Å²) in [5.41, 5.74) is 0. The fourth-order valence-electron chi connectivity index (χ4n) is 1.13. The van der Waals surface area contributed by atoms with Crippen molar-refractivity contribution in [3.63, 3.8) is 0 Å². The first-order chi connectivity index (χ1) is 5.24. The number of halogens is 1. The molecule has 0 radical (unpaired) electrons. The second kappa shape index (κ2) is 4.10. The highest BCUT2D eigenvalue weighted by atomic mass is 127. The van der Waals surface area contributed by atoms with Crippen LogP contribution in [0.15, 0.2) is 0 Å². The van der Waals surface area contributed by atoms with Gasteiger partial charge in [-0.15, -0.1) is 0 Å². The zero-order chi connectivity index (χ0) is 8.27. The van der Waals surface area contributed by atoms with Crippen LogP contribution < -0.4 is 3.53 Å². The number of piperidine rings is 1. The van der Waals surface area contributed by atoms with Gasteiger partial charge in [-0.25, -0.2) is 4.79 Å². The van der Waals surface area contributed by atoms with Crippen molar-refractivity contribution in [2.24, 2.45) is 0 Å². The topological polar surface area (TPSA) is 52.6 Å². The van der Waals surface area contributed by atoms with Gasteiger partial charge in [0.1, 0.15) is 0 Å². The Morgan fingerprint density at radius 2 is 2.09 bits per heavy atom. The highest BCUT2D eigenvalue weighted by molar-refractivity contribution is 14.1. The highest BCUT2D eigenvalue weighted by Gasteiger charge is 2.19. The van der Waals surface area contributed by atoms with Crippen LogP contribution in [0.3, 0.4) is 0 Å². The standard InChI is InChI=1S/C6H11IN2O2/c7-8-6(11)9-3-1-5(10)2-4-9/h5,10H,1-4H2,(H,8,11). The normalized spacial score (nSPS) is 20.0. The predicted octanol–water partition coefficient (Wildman–Crippen LogP) is 0.503. The van der Waals surface area contributed by atoms with E-state index < -0.39 is 0 Å². The van der Waals surface area contributed by atoms with E-state index in [1.165, 1.54) is 0 Å². The number of nitrogens with zero attached hydrogens (tertiary/aromatic N) is 1. The molecule has 1 aliphatic heterocycles. The molecule has 0 atom stereocenters. The summed E-state index contributed by atoms with van der Waals surface area (Å²) >= 11 is 1.82. The lowest BCUT2D eigenvalue weighted by Crippen LogP contribution is -2.42. The maximum Gasteiger partial charge on any atom is 0.326 e. The van der Waals surface area contributed by atoms with Crippen LogP contribution in [0.1, 0.15) is 12.8 Å². The molecule has 1 aliphatic rings. The van der Waals surface area contributed by atoms with Crippen LogP contribution in [0.2, 0.25) is 0 Å². The van der Waals surface area contributed by atoms with Crippen LogP contribution in [-0.2, 0) is 0 Å². The molecule has 0 aromatic rings. The molecular formula is C6H11IN2O2. The summed E-state index contributed by atoms with van der Waals surface area (Å²) < 4.78 is 2.52. The Hall–Kier alpha value is -0.0400. The number of nitrogens with one attached hydrogen (secondary N) is 1. The van der Waals surface area contributed by atoms with Gasteiger partial charge in [-0.3, -0.25) is 3.53 Å². The average Bonchev–Trinajstić information content (AvgIpc) is 2.05. The summed E-state index contributed by atoms with van der Waals surface area (Å²) in [4.78, 5) is 12.7. The first-order valence-electron chi connectivity index (χ1n) is 3.57. The molecule has 0 aliphatic carbocycles. The van der Waals surface area contributed by atoms with Gasteiger partial charge in [-0.1, -0.05) is 0 Å². The molecule has 5 heteroatoms. The van der Waals surface area contributed by atoms with E-state index in [9.17, 15) is 4.79 Å². The van der Waals surface area contributed by atoms with Gasteiger partial charge in [0.15, 0.2) is 0 Å². The van der Waals surface area contributed by atoms with E-state index in [1.54, 1.807) is 4.90 Å². The van der Waals surface area contributed by atoms with E-state index >= 15 is 0 Å². The van der Waals surface area contributed by atoms with Gasteiger partial charge < -0.3 is 10.0 Å². The van der Waals surface area contributed by atoms with Gasteiger partial charge in [0.25, 0.3) is 0 Å². The second-order valence-corrected chi connectivity index (χ2v) is 3.16. The fourth-order valence-corrected chi connectivity index (χ4v) is 1.47. The van der Waals surface area contributed by atoms with Gasteiger partial charge in [0, 0.05) is 13.1 Å². The maximum absolute atomic E-state index is 11.0. The number of likely N-dealkylation sites (tertiary alicyclic amines) is 1. The third-order valence-corrected chi connectivity index (χ3v) is 2.29. The molecule has 0 saturated carbocycles. The monoisotopic (exact) mass is 270 g/mol. The van der Waals surface area contributed by atoms with E-state index in [1.807, 2.05) is 22.9 Å². The SMILES string of the molecule is O=C(NI)N1CCC(O)CC1. The van der Waals surface area contributed by atoms with Crippen molar-refractivity contribution in [2.45, 2.75) is 18.9 Å². The zero-order valence-electron chi connectivity index (χ0n) is 6.09. The molecule has 4 nitrogen and oxygen atoms in total. The lowest BCUT2D eigenvalue weighted by molar-refractivity contribution is 0.0956. The van der Waals surface area contributed by atoms with Crippen molar-refractivity contribution in [2.75, 3.05) is 13.1 Å². The Kier molecular flexibility index (Phi) is 3.38. The minimum Gasteiger partial charge on any atom is -0.393 e. The lowest BCUT2D eigenvalue weighted by atomic mass is 10.1. The number of carbonyl (C=O) groups excluding carboxylic acids is 1. The highest BCUT2D eigenvalue weighted by Crippen LogP contribution is 2.09. The maximum atomic E-state index is 11.0. The van der Waals surface area contributed by atoms with E-state index in [0.29, 0.717) is 25.9 Å². The van der Waals surface area contributed by atoms with Gasteiger partial charge in [0.05, 0.1) is 29.0 Å². The number of hydrogen-bond acceptors (Lipinski definition) is 2. The molecule has 0 spiro atoms. The Bertz CT molecular complexity index is 146. The van der Waals surface area contributed by atoms with Gasteiger partial charge in [-0.2, -0.15) is 0 Å². The van der Waals surface area contributed by atoms with Crippen LogP contribution in [0, 0.1) is 0 Å². The molecule has 1 saturated heterocycles. The van der Waals surface area contributed by atoms with Gasteiger partial charge >= 0.3 is 6.03 Å². The fraction of sp³-hybridized carbons (Fsp3) is 0.833. The molecule has 1 fully saturated rings. The van der Waals surface area contributed by atoms with Crippen LogP contribution >= 0.6 is 22.9 Å². The first kappa shape index (κ1) is 9.05. The van der Waals surface area contributed by atoms with Crippen LogP contribution in [-0.4, -0.2) is 35.2 Å². The largest absolute Gasteiger partial charge is 0.393 e. The summed E-state index contributed by atoms with van der Waals surface area (Å²) in [5, 5.41) is 9.12. The summed E-state index contributed by atoms with van der Waals surface area (Å²) in [6, 6.07) is -0.0579. The molecular weight excluding hydrogens is 259 g/mol. The van der Waals surface area contributed by atoms with E-state index in [0.717, 1.165) is 0 Å². The molecule has 11 heavy (non-hydrogen) atoms. The quantitative estimate of drug-likeness (QED) is 0.497. The summed E-state index contributed by atoms with van der Waals surface area (Å²) in [7, 11) is 0. The number of urea groups is 1. The molecule has 0 unspecified atom stereocenters. The molecule has 1 heterocycles. The van der Waals surface area contributed by atoms with Gasteiger partial charge in [0.2, 0.25) is 0 Å². The average molecular weight is 270 g/mol. The summed E-state index contributed by atoms with van der Waals surface area (Å²) in [6.07, 6.45) is 1.18. The second-order valence-electron chi connectivity index (χ2n) is 2.62. The van der Waals surface area contributed by atoms with Crippen molar-refractivity contribution in [1.29, 1.82) is 0 Å². The molecule has 0 aromatic carbocycles. The van der Waals surface area contributed by atoms with Crippen LogP contribution in [0.4, 0.5) is 4.79 Å². The number of aliphatic hydroxyl groups is 1. The molecule has 0 aromatic heterocycles. The molecule has 64 valence electrons. The summed E-state index contributed by atoms with van der Waals surface area (Å²) in [5.74, 6) is 0. The minimum absolute atomic E-state index is 0.0579. The molecule has 1 rings (SSSR count). The molecule has 2 N–H and O–H groups in total. The van der Waals surface area contributed by atoms with E-state index in [-0.39, 0.29) is 12.1 Å². The number of hydrogen-bond donors (Lipinski definition) is 2. The van der Waals surface area contributed by atoms with Crippen molar-refractivity contribution in [3.8, 4) is 0 Å². The number of aliphatic hydroxyl groups excluding tert-OH is 1. The summed E-state index contributed by atoms with van der Waals surface area (Å²) in [6.45, 7) is 1.33. The van der Waals surface area contributed by atoms with E-state index in [4.69, 9.17) is 5.11 Å². The van der Waals surface area contributed by atoms with E-state index in [2.05, 4.69) is 3.53 Å². The third kappa shape index (κ3) is 2.48. The molecule has 0 bridgehead atoms. The lowest BCUT2D eigenvalue weighted by Gasteiger charge is -2.28. The smallest absolute Gasteiger partial charge is 0.326 e. The number of carbonyl (C=O) groups is 1. The Balaban J connectivity index is 2.33. The Morgan fingerprint density at radius 3 is 2.55 bits per heavy atom. The van der Waals surface area contributed by atoms with Gasteiger partial charge in [-0.05, 0) is 12.8 Å². The third-order valence-electron chi connectivity index (χ3n) is 1.83. The van der Waals surface area contributed by atoms with Crippen molar-refractivity contribution < 1.29 is 9.90 Å². The van der Waals surface area contributed by atoms with Crippen LogP contribution in [0.25, 0.3) is 0 Å². The molecule has 2 amide bonds. The Labute approximate surface area is 79.4 Å². The number of rotatable bonds is 0. The van der Waals surface area contributed by atoms with Crippen molar-refractivity contribution >= 4 is 28.9 Å². The zero-order valence-corrected chi connectivity index (χ0v) is 8.24. The van der Waals surface area contributed by atoms with Crippen LogP contribution in [0.5, 0.6) is 0 Å². The minimum atomic E-state index is -0.215. The van der Waals surface area contributed by atoms with Crippen molar-refractivity contribution in [3.05, 3.63) is 0 Å². The number of amides is 2.